The van der Waals surface area contributed by atoms with Crippen molar-refractivity contribution in [3.8, 4) is 5.75 Å². The van der Waals surface area contributed by atoms with Crippen molar-refractivity contribution in [1.82, 2.24) is 0 Å². The quantitative estimate of drug-likeness (QED) is 0.786. The summed E-state index contributed by atoms with van der Waals surface area (Å²) in [5.41, 5.74) is -0.246. The van der Waals surface area contributed by atoms with E-state index in [9.17, 15) is 22.4 Å². The molecule has 2 nitrogen and oxygen atoms in total. The predicted octanol–water partition coefficient (Wildman–Crippen LogP) is 4.00. The van der Waals surface area contributed by atoms with E-state index in [-0.39, 0.29) is 37.0 Å². The third-order valence-electron chi connectivity index (χ3n) is 3.53. The molecule has 2 rings (SSSR count). The van der Waals surface area contributed by atoms with Crippen LogP contribution in [0, 0.1) is 24.5 Å². The SMILES string of the molecule is Cc1c(F)cc(OC(F)(F)C2CCC(=O)CC2)cc1F. The molecular weight excluding hydrogens is 276 g/mol. The fraction of sp³-hybridized carbons (Fsp3) is 0.500. The third kappa shape index (κ3) is 3.11. The molecule has 1 aromatic carbocycles. The molecule has 0 radical (unpaired) electrons. The van der Waals surface area contributed by atoms with Crippen LogP contribution in [0.3, 0.4) is 0 Å². The fourth-order valence-corrected chi connectivity index (χ4v) is 2.20. The summed E-state index contributed by atoms with van der Waals surface area (Å²) in [5.74, 6) is -3.59. The number of Topliss-reactive ketones (excluding diaryl/α,β-unsaturated/α-hetero) is 1. The lowest BCUT2D eigenvalue weighted by molar-refractivity contribution is -0.221. The maximum atomic E-state index is 13.9. The first kappa shape index (κ1) is 14.8. The van der Waals surface area contributed by atoms with Crippen LogP contribution in [0.5, 0.6) is 5.75 Å². The van der Waals surface area contributed by atoms with E-state index in [1.165, 1.54) is 6.92 Å². The molecule has 0 heterocycles. The molecule has 110 valence electrons. The predicted molar refractivity (Wildman–Crippen MR) is 63.6 cm³/mol. The lowest BCUT2D eigenvalue weighted by Crippen LogP contribution is -2.37. The molecule has 20 heavy (non-hydrogen) atoms. The van der Waals surface area contributed by atoms with Crippen molar-refractivity contribution in [2.24, 2.45) is 5.92 Å². The van der Waals surface area contributed by atoms with Crippen molar-refractivity contribution < 1.29 is 27.1 Å². The highest BCUT2D eigenvalue weighted by molar-refractivity contribution is 5.79. The Kier molecular flexibility index (Phi) is 4.01. The molecule has 0 atom stereocenters. The molecule has 1 aromatic rings. The summed E-state index contributed by atoms with van der Waals surface area (Å²) in [7, 11) is 0. The molecular formula is C14H14F4O2. The number of carbonyl (C=O) groups excluding carboxylic acids is 1. The molecule has 1 fully saturated rings. The van der Waals surface area contributed by atoms with E-state index in [2.05, 4.69) is 4.74 Å². The first-order valence-corrected chi connectivity index (χ1v) is 6.34. The van der Waals surface area contributed by atoms with Crippen LogP contribution in [0.4, 0.5) is 17.6 Å². The molecule has 0 aromatic heterocycles. The third-order valence-corrected chi connectivity index (χ3v) is 3.53. The Hall–Kier alpha value is -1.59. The fourth-order valence-electron chi connectivity index (χ4n) is 2.20. The lowest BCUT2D eigenvalue weighted by atomic mass is 9.87. The average molecular weight is 290 g/mol. The van der Waals surface area contributed by atoms with E-state index in [1.54, 1.807) is 0 Å². The number of rotatable bonds is 3. The summed E-state index contributed by atoms with van der Waals surface area (Å²) in [6.07, 6.45) is -3.35. The van der Waals surface area contributed by atoms with Crippen molar-refractivity contribution in [2.75, 3.05) is 0 Å². The van der Waals surface area contributed by atoms with Gasteiger partial charge in [0, 0.05) is 30.5 Å². The Bertz CT molecular complexity index is 495. The molecule has 1 aliphatic carbocycles. The first-order chi connectivity index (χ1) is 9.29. The molecule has 0 spiro atoms. The maximum Gasteiger partial charge on any atom is 0.400 e. The van der Waals surface area contributed by atoms with Gasteiger partial charge in [0.25, 0.3) is 0 Å². The number of ether oxygens (including phenoxy) is 1. The van der Waals surface area contributed by atoms with E-state index < -0.39 is 29.4 Å². The normalized spacial score (nSPS) is 17.4. The van der Waals surface area contributed by atoms with Gasteiger partial charge in [-0.25, -0.2) is 8.78 Å². The number of halogens is 4. The van der Waals surface area contributed by atoms with Gasteiger partial charge in [-0.2, -0.15) is 8.78 Å². The number of benzene rings is 1. The van der Waals surface area contributed by atoms with Crippen LogP contribution in [-0.4, -0.2) is 11.9 Å². The van der Waals surface area contributed by atoms with E-state index >= 15 is 0 Å². The van der Waals surface area contributed by atoms with Crippen LogP contribution >= 0.6 is 0 Å². The number of alkyl halides is 2. The van der Waals surface area contributed by atoms with Gasteiger partial charge < -0.3 is 4.74 Å². The first-order valence-electron chi connectivity index (χ1n) is 6.34. The van der Waals surface area contributed by atoms with Crippen LogP contribution in [0.15, 0.2) is 12.1 Å². The van der Waals surface area contributed by atoms with Crippen molar-refractivity contribution in [1.29, 1.82) is 0 Å². The zero-order valence-corrected chi connectivity index (χ0v) is 10.9. The van der Waals surface area contributed by atoms with Gasteiger partial charge >= 0.3 is 6.11 Å². The Morgan fingerprint density at radius 1 is 1.15 bits per heavy atom. The van der Waals surface area contributed by atoms with Crippen molar-refractivity contribution >= 4 is 5.78 Å². The standard InChI is InChI=1S/C14H14F4O2/c1-8-12(15)6-11(7-13(8)16)20-14(17,18)9-2-4-10(19)5-3-9/h6-7,9H,2-5H2,1H3. The summed E-state index contributed by atoms with van der Waals surface area (Å²) in [4.78, 5) is 11.0. The second-order valence-electron chi connectivity index (χ2n) is 4.99. The van der Waals surface area contributed by atoms with Crippen LogP contribution in [-0.2, 0) is 4.79 Å². The van der Waals surface area contributed by atoms with Crippen LogP contribution in [0.25, 0.3) is 0 Å². The molecule has 0 amide bonds. The topological polar surface area (TPSA) is 26.3 Å². The molecule has 1 saturated carbocycles. The van der Waals surface area contributed by atoms with Crippen LogP contribution < -0.4 is 4.74 Å². The summed E-state index contributed by atoms with van der Waals surface area (Å²) >= 11 is 0. The van der Waals surface area contributed by atoms with E-state index in [4.69, 9.17) is 0 Å². The number of ketones is 1. The average Bonchev–Trinajstić information content (AvgIpc) is 2.36. The largest absolute Gasteiger partial charge is 0.432 e. The highest BCUT2D eigenvalue weighted by Gasteiger charge is 2.43. The second kappa shape index (κ2) is 5.42. The smallest absolute Gasteiger partial charge is 0.400 e. The van der Waals surface area contributed by atoms with Crippen molar-refractivity contribution in [3.05, 3.63) is 29.3 Å². The Labute approximate surface area is 113 Å². The Morgan fingerprint density at radius 2 is 1.65 bits per heavy atom. The second-order valence-corrected chi connectivity index (χ2v) is 4.99. The Morgan fingerprint density at radius 3 is 2.15 bits per heavy atom. The highest BCUT2D eigenvalue weighted by atomic mass is 19.3. The Balaban J connectivity index is 2.13. The van der Waals surface area contributed by atoms with Crippen LogP contribution in [0.2, 0.25) is 0 Å². The summed E-state index contributed by atoms with van der Waals surface area (Å²) in [6, 6.07) is 1.47. The summed E-state index contributed by atoms with van der Waals surface area (Å²) in [5, 5.41) is 0. The van der Waals surface area contributed by atoms with Gasteiger partial charge in [0.2, 0.25) is 0 Å². The van der Waals surface area contributed by atoms with Crippen molar-refractivity contribution in [3.63, 3.8) is 0 Å². The van der Waals surface area contributed by atoms with Gasteiger partial charge in [-0.15, -0.1) is 0 Å². The van der Waals surface area contributed by atoms with E-state index in [0.717, 1.165) is 12.1 Å². The zero-order chi connectivity index (χ0) is 14.9. The van der Waals surface area contributed by atoms with Gasteiger partial charge in [-0.3, -0.25) is 4.79 Å². The number of hydrogen-bond acceptors (Lipinski definition) is 2. The van der Waals surface area contributed by atoms with Gasteiger partial charge in [0.15, 0.2) is 0 Å². The minimum atomic E-state index is -3.55. The number of hydrogen-bond donors (Lipinski definition) is 0. The van der Waals surface area contributed by atoms with Crippen molar-refractivity contribution in [2.45, 2.75) is 38.7 Å². The minimum Gasteiger partial charge on any atom is -0.432 e. The van der Waals surface area contributed by atoms with Gasteiger partial charge in [0.05, 0.1) is 5.92 Å². The highest BCUT2D eigenvalue weighted by Crippen LogP contribution is 2.37. The molecule has 6 heteroatoms. The maximum absolute atomic E-state index is 13.9. The molecule has 0 saturated heterocycles. The summed E-state index contributed by atoms with van der Waals surface area (Å²) < 4.78 is 58.9. The molecule has 0 aliphatic heterocycles. The monoisotopic (exact) mass is 290 g/mol. The van der Waals surface area contributed by atoms with Gasteiger partial charge in [0.1, 0.15) is 23.2 Å². The van der Waals surface area contributed by atoms with Gasteiger partial charge in [-0.1, -0.05) is 0 Å². The molecule has 0 N–H and O–H groups in total. The van der Waals surface area contributed by atoms with E-state index in [1.807, 2.05) is 0 Å². The zero-order valence-electron chi connectivity index (χ0n) is 10.9. The number of carbonyl (C=O) groups is 1. The molecule has 1 aliphatic rings. The minimum absolute atomic E-state index is 0.0165. The summed E-state index contributed by atoms with van der Waals surface area (Å²) in [6.45, 7) is 1.21. The van der Waals surface area contributed by atoms with Gasteiger partial charge in [-0.05, 0) is 19.8 Å². The van der Waals surface area contributed by atoms with Crippen LogP contribution in [0.1, 0.15) is 31.2 Å². The molecule has 0 bridgehead atoms. The molecule has 0 unspecified atom stereocenters. The van der Waals surface area contributed by atoms with E-state index in [0.29, 0.717) is 0 Å². The lowest BCUT2D eigenvalue weighted by Gasteiger charge is -2.29.